The van der Waals surface area contributed by atoms with Crippen molar-refractivity contribution in [2.24, 2.45) is 0 Å². The van der Waals surface area contributed by atoms with E-state index in [9.17, 15) is 26.4 Å². The zero-order chi connectivity index (χ0) is 28.0. The minimum Gasteiger partial charge on any atom is -0.475 e. The Morgan fingerprint density at radius 1 is 0.947 bits per heavy atom. The number of sulfonamides is 1. The van der Waals surface area contributed by atoms with Crippen molar-refractivity contribution in [3.63, 3.8) is 0 Å². The Bertz CT molecular complexity index is 1200. The van der Waals surface area contributed by atoms with Crippen LogP contribution in [0.5, 0.6) is 0 Å². The summed E-state index contributed by atoms with van der Waals surface area (Å²) in [6.45, 7) is 2.03. The fraction of sp³-hybridized carbons (Fsp3) is 0.481. The second kappa shape index (κ2) is 12.2. The van der Waals surface area contributed by atoms with Gasteiger partial charge in [0.1, 0.15) is 0 Å². The molecular formula is C27H33F3N2O5S. The summed E-state index contributed by atoms with van der Waals surface area (Å²) in [4.78, 5) is 22.2. The Morgan fingerprint density at radius 2 is 1.47 bits per heavy atom. The number of alkyl halides is 3. The van der Waals surface area contributed by atoms with Gasteiger partial charge in [-0.2, -0.15) is 13.2 Å². The molecule has 0 aliphatic heterocycles. The van der Waals surface area contributed by atoms with Crippen molar-refractivity contribution < 1.29 is 36.3 Å². The molecule has 2 aromatic rings. The van der Waals surface area contributed by atoms with Crippen molar-refractivity contribution in [1.82, 2.24) is 5.32 Å². The summed E-state index contributed by atoms with van der Waals surface area (Å²) in [5, 5.41) is 10.4. The van der Waals surface area contributed by atoms with Gasteiger partial charge in [-0.05, 0) is 67.5 Å². The first kappa shape index (κ1) is 29.5. The van der Waals surface area contributed by atoms with Crippen LogP contribution in [-0.4, -0.2) is 37.6 Å². The first-order valence-electron chi connectivity index (χ1n) is 12.7. The zero-order valence-corrected chi connectivity index (χ0v) is 22.0. The van der Waals surface area contributed by atoms with Crippen LogP contribution in [0.2, 0.25) is 0 Å². The number of anilines is 1. The molecule has 2 saturated carbocycles. The number of amides is 1. The third kappa shape index (κ3) is 7.72. The maximum Gasteiger partial charge on any atom is 0.490 e. The summed E-state index contributed by atoms with van der Waals surface area (Å²) in [5.41, 5.74) is 2.12. The van der Waals surface area contributed by atoms with Gasteiger partial charge >= 0.3 is 12.1 Å². The molecule has 0 aromatic heterocycles. The second-order valence-electron chi connectivity index (χ2n) is 9.73. The molecule has 0 unspecified atom stereocenters. The van der Waals surface area contributed by atoms with E-state index in [-0.39, 0.29) is 16.8 Å². The molecule has 11 heteroatoms. The number of nitrogens with one attached hydrogen (secondary N) is 2. The quantitative estimate of drug-likeness (QED) is 0.388. The number of aliphatic carboxylic acids is 1. The monoisotopic (exact) mass is 554 g/mol. The molecule has 0 atom stereocenters. The molecule has 0 heterocycles. The zero-order valence-electron chi connectivity index (χ0n) is 21.2. The van der Waals surface area contributed by atoms with Crippen molar-refractivity contribution in [3.8, 4) is 0 Å². The lowest BCUT2D eigenvalue weighted by Gasteiger charge is -2.22. The highest BCUT2D eigenvalue weighted by molar-refractivity contribution is 7.92. The number of aryl methyl sites for hydroxylation is 1. The molecule has 0 radical (unpaired) electrons. The van der Waals surface area contributed by atoms with Gasteiger partial charge in [-0.1, -0.05) is 56.9 Å². The SMILES string of the molecule is CCc1ccc(S(=O)(=O)Nc2ccc(C3(C(=O)NC4CCCCCC4)CC3)cc2)cc1.O=C(O)C(F)(F)F. The van der Waals surface area contributed by atoms with Crippen LogP contribution < -0.4 is 10.0 Å². The molecule has 2 aliphatic carbocycles. The van der Waals surface area contributed by atoms with Gasteiger partial charge < -0.3 is 10.4 Å². The molecule has 1 amide bonds. The Balaban J connectivity index is 0.000000505. The number of carboxylic acid groups (broad SMARTS) is 1. The molecule has 0 bridgehead atoms. The van der Waals surface area contributed by atoms with Crippen LogP contribution in [0.1, 0.15) is 69.4 Å². The first-order chi connectivity index (χ1) is 17.9. The lowest BCUT2D eigenvalue weighted by molar-refractivity contribution is -0.192. The van der Waals surface area contributed by atoms with E-state index >= 15 is 0 Å². The molecule has 2 fully saturated rings. The average Bonchev–Trinajstić information content (AvgIpc) is 3.70. The molecule has 0 spiro atoms. The maximum atomic E-state index is 13.0. The number of hydrogen-bond donors (Lipinski definition) is 3. The van der Waals surface area contributed by atoms with E-state index in [1.807, 2.05) is 31.2 Å². The van der Waals surface area contributed by atoms with E-state index in [1.165, 1.54) is 25.7 Å². The average molecular weight is 555 g/mol. The number of hydrogen-bond acceptors (Lipinski definition) is 4. The Kier molecular flexibility index (Phi) is 9.45. The number of halogens is 3. The molecule has 4 rings (SSSR count). The second-order valence-corrected chi connectivity index (χ2v) is 11.4. The van der Waals surface area contributed by atoms with Gasteiger partial charge in [-0.3, -0.25) is 9.52 Å². The van der Waals surface area contributed by atoms with E-state index in [2.05, 4.69) is 10.0 Å². The normalized spacial score (nSPS) is 17.4. The smallest absolute Gasteiger partial charge is 0.475 e. The number of rotatable bonds is 7. The van der Waals surface area contributed by atoms with Crippen LogP contribution in [0.3, 0.4) is 0 Å². The highest BCUT2D eigenvalue weighted by Gasteiger charge is 2.51. The summed E-state index contributed by atoms with van der Waals surface area (Å²) in [5.74, 6) is -2.63. The van der Waals surface area contributed by atoms with Crippen molar-refractivity contribution in [1.29, 1.82) is 0 Å². The van der Waals surface area contributed by atoms with E-state index in [1.54, 1.807) is 24.3 Å². The van der Waals surface area contributed by atoms with Gasteiger partial charge in [0.15, 0.2) is 0 Å². The number of benzene rings is 2. The van der Waals surface area contributed by atoms with Gasteiger partial charge in [0.05, 0.1) is 10.3 Å². The largest absolute Gasteiger partial charge is 0.490 e. The third-order valence-corrected chi connectivity index (χ3v) is 8.35. The molecule has 2 aromatic carbocycles. The van der Waals surface area contributed by atoms with Crippen molar-refractivity contribution in [2.75, 3.05) is 4.72 Å². The Hall–Kier alpha value is -3.08. The highest BCUT2D eigenvalue weighted by atomic mass is 32.2. The Labute approximate surface area is 220 Å². The van der Waals surface area contributed by atoms with Crippen LogP contribution in [0.15, 0.2) is 53.4 Å². The van der Waals surface area contributed by atoms with Crippen LogP contribution in [-0.2, 0) is 31.4 Å². The van der Waals surface area contributed by atoms with E-state index in [0.717, 1.165) is 43.2 Å². The predicted molar refractivity (Wildman–Crippen MR) is 137 cm³/mol. The summed E-state index contributed by atoms with van der Waals surface area (Å²) in [7, 11) is -3.64. The van der Waals surface area contributed by atoms with Crippen LogP contribution in [0.4, 0.5) is 18.9 Å². The van der Waals surface area contributed by atoms with Crippen molar-refractivity contribution >= 4 is 27.6 Å². The maximum absolute atomic E-state index is 13.0. The third-order valence-electron chi connectivity index (χ3n) is 6.95. The summed E-state index contributed by atoms with van der Waals surface area (Å²) >= 11 is 0. The molecular weight excluding hydrogens is 521 g/mol. The molecule has 208 valence electrons. The fourth-order valence-electron chi connectivity index (χ4n) is 4.49. The Morgan fingerprint density at radius 3 is 1.92 bits per heavy atom. The highest BCUT2D eigenvalue weighted by Crippen LogP contribution is 2.49. The van der Waals surface area contributed by atoms with Gasteiger partial charge in [0, 0.05) is 11.7 Å². The van der Waals surface area contributed by atoms with E-state index < -0.39 is 27.6 Å². The van der Waals surface area contributed by atoms with Gasteiger partial charge in [0.25, 0.3) is 10.0 Å². The first-order valence-corrected chi connectivity index (χ1v) is 14.2. The fourth-order valence-corrected chi connectivity index (χ4v) is 5.55. The predicted octanol–water partition coefficient (Wildman–Crippen LogP) is 5.55. The molecule has 7 nitrogen and oxygen atoms in total. The van der Waals surface area contributed by atoms with E-state index in [0.29, 0.717) is 5.69 Å². The van der Waals surface area contributed by atoms with Gasteiger partial charge in [-0.25, -0.2) is 13.2 Å². The van der Waals surface area contributed by atoms with Crippen LogP contribution in [0.25, 0.3) is 0 Å². The molecule has 38 heavy (non-hydrogen) atoms. The van der Waals surface area contributed by atoms with Crippen molar-refractivity contribution in [3.05, 3.63) is 59.7 Å². The number of carboxylic acids is 1. The topological polar surface area (TPSA) is 113 Å². The van der Waals surface area contributed by atoms with Gasteiger partial charge in [-0.15, -0.1) is 0 Å². The summed E-state index contributed by atoms with van der Waals surface area (Å²) < 4.78 is 59.7. The molecule has 2 aliphatic rings. The standard InChI is InChI=1S/C25H32N2O3S.C2HF3O2/c1-2-19-9-15-23(16-10-19)31(29,30)27-22-13-11-20(12-14-22)25(17-18-25)24(28)26-21-7-5-3-4-6-8-21;3-2(4,5)1(6)7/h9-16,21,27H,2-8,17-18H2,1H3,(H,26,28);(H,6,7). The summed E-state index contributed by atoms with van der Waals surface area (Å²) in [6, 6.07) is 14.5. The molecule has 3 N–H and O–H groups in total. The van der Waals surface area contributed by atoms with Crippen LogP contribution >= 0.6 is 0 Å². The van der Waals surface area contributed by atoms with Gasteiger partial charge in [0.2, 0.25) is 5.91 Å². The minimum absolute atomic E-state index is 0.128. The van der Waals surface area contributed by atoms with E-state index in [4.69, 9.17) is 9.90 Å². The number of carbonyl (C=O) groups is 2. The van der Waals surface area contributed by atoms with Crippen LogP contribution in [0, 0.1) is 0 Å². The van der Waals surface area contributed by atoms with Crippen molar-refractivity contribution in [2.45, 2.75) is 87.2 Å². The minimum atomic E-state index is -5.08. The lowest BCUT2D eigenvalue weighted by atomic mass is 9.94. The lowest BCUT2D eigenvalue weighted by Crippen LogP contribution is -2.41. The molecule has 0 saturated heterocycles. The summed E-state index contributed by atoms with van der Waals surface area (Å²) in [6.07, 6.45) is 4.52. The number of carbonyl (C=O) groups excluding carboxylic acids is 1.